The molecule has 10 nitrogen and oxygen atoms in total. The Morgan fingerprint density at radius 3 is 2.39 bits per heavy atom. The number of hydrogen-bond donors (Lipinski definition) is 0. The van der Waals surface area contributed by atoms with E-state index in [1.807, 2.05) is 0 Å². The third-order valence-electron chi connectivity index (χ3n) is 7.45. The summed E-state index contributed by atoms with van der Waals surface area (Å²) in [5.74, 6) is -6.43. The number of rotatable bonds is 10. The van der Waals surface area contributed by atoms with Crippen LogP contribution in [-0.4, -0.2) is 54.4 Å². The molecule has 4 aromatic rings. The second-order valence-electron chi connectivity index (χ2n) is 10.2. The first-order chi connectivity index (χ1) is 20.9. The summed E-state index contributed by atoms with van der Waals surface area (Å²) in [6.45, 7) is -0.423. The average molecular weight is 636 g/mol. The standard InChI is InChI=1S/C29H29F4N5O5S/c1-37-24(7-11-36-37)21-6-9-29(32,33)15-26(21)43-20-12-22(30)28(23(31)13-20)44(39,40)38(27-8-10-34-17-35-27)16-18-4-5-19(41-2)14-25(18)42-3/h4-5,7-8,10-14,17,21,26H,6,9,15-16H2,1-3H3. The predicted molar refractivity (Wildman–Crippen MR) is 150 cm³/mol. The van der Waals surface area contributed by atoms with Gasteiger partial charge >= 0.3 is 0 Å². The molecule has 0 N–H and O–H groups in total. The molecular weight excluding hydrogens is 606 g/mol. The van der Waals surface area contributed by atoms with E-state index in [4.69, 9.17) is 14.2 Å². The number of methoxy groups -OCH3 is 2. The van der Waals surface area contributed by atoms with Crippen LogP contribution in [0.1, 0.15) is 36.4 Å². The van der Waals surface area contributed by atoms with E-state index in [0.717, 1.165) is 6.33 Å². The smallest absolute Gasteiger partial charge is 0.271 e. The molecule has 15 heteroatoms. The van der Waals surface area contributed by atoms with Gasteiger partial charge in [-0.3, -0.25) is 4.68 Å². The average Bonchev–Trinajstić information content (AvgIpc) is 3.40. The number of hydrogen-bond acceptors (Lipinski definition) is 8. The SMILES string of the molecule is COc1ccc(CN(c2ccncn2)S(=O)(=O)c2c(F)cc(OC3CC(F)(F)CCC3c3ccnn3C)cc2F)c(OC)c1. The van der Waals surface area contributed by atoms with Gasteiger partial charge in [-0.15, -0.1) is 0 Å². The normalized spacial score (nSPS) is 18.1. The molecule has 0 radical (unpaired) electrons. The maximum absolute atomic E-state index is 15.6. The Labute approximate surface area is 251 Å². The molecule has 234 valence electrons. The number of anilines is 1. The molecule has 0 amide bonds. The van der Waals surface area contributed by atoms with Crippen molar-refractivity contribution >= 4 is 15.8 Å². The van der Waals surface area contributed by atoms with Crippen molar-refractivity contribution < 1.29 is 40.2 Å². The van der Waals surface area contributed by atoms with Gasteiger partial charge in [0.05, 0.1) is 20.8 Å². The lowest BCUT2D eigenvalue weighted by Gasteiger charge is -2.36. The molecule has 44 heavy (non-hydrogen) atoms. The van der Waals surface area contributed by atoms with Crippen LogP contribution in [0.2, 0.25) is 0 Å². The maximum Gasteiger partial charge on any atom is 0.271 e. The molecule has 2 unspecified atom stereocenters. The summed E-state index contributed by atoms with van der Waals surface area (Å²) in [5.41, 5.74) is 0.968. The largest absolute Gasteiger partial charge is 0.497 e. The van der Waals surface area contributed by atoms with Crippen molar-refractivity contribution in [3.05, 3.63) is 84.1 Å². The van der Waals surface area contributed by atoms with Gasteiger partial charge < -0.3 is 14.2 Å². The highest BCUT2D eigenvalue weighted by Crippen LogP contribution is 2.43. The van der Waals surface area contributed by atoms with E-state index in [-0.39, 0.29) is 24.4 Å². The summed E-state index contributed by atoms with van der Waals surface area (Å²) < 4.78 is 106. The highest BCUT2D eigenvalue weighted by atomic mass is 32.2. The molecule has 2 aromatic carbocycles. The van der Waals surface area contributed by atoms with Gasteiger partial charge in [-0.2, -0.15) is 5.10 Å². The lowest BCUT2D eigenvalue weighted by atomic mass is 9.82. The number of aryl methyl sites for hydroxylation is 1. The summed E-state index contributed by atoms with van der Waals surface area (Å²) in [4.78, 5) is 6.51. The molecule has 2 aromatic heterocycles. The predicted octanol–water partition coefficient (Wildman–Crippen LogP) is 5.25. The number of nitrogens with zero attached hydrogens (tertiary/aromatic N) is 5. The number of sulfonamides is 1. The topological polar surface area (TPSA) is 109 Å². The number of benzene rings is 2. The zero-order valence-corrected chi connectivity index (χ0v) is 24.8. The van der Waals surface area contributed by atoms with Gasteiger partial charge in [-0.1, -0.05) is 0 Å². The first-order valence-corrected chi connectivity index (χ1v) is 14.9. The third kappa shape index (κ3) is 6.27. The zero-order chi connectivity index (χ0) is 31.6. The van der Waals surface area contributed by atoms with Crippen LogP contribution in [0, 0.1) is 11.6 Å². The minimum Gasteiger partial charge on any atom is -0.497 e. The molecular formula is C29H29F4N5O5S. The van der Waals surface area contributed by atoms with E-state index in [1.165, 1.54) is 43.4 Å². The van der Waals surface area contributed by atoms with Crippen molar-refractivity contribution in [3.63, 3.8) is 0 Å². The Morgan fingerprint density at radius 2 is 1.77 bits per heavy atom. The molecule has 1 fully saturated rings. The summed E-state index contributed by atoms with van der Waals surface area (Å²) >= 11 is 0. The Balaban J connectivity index is 1.51. The summed E-state index contributed by atoms with van der Waals surface area (Å²) in [5, 5.41) is 4.09. The fourth-order valence-corrected chi connectivity index (χ4v) is 6.79. The fraction of sp³-hybridized carbons (Fsp3) is 0.345. The molecule has 2 atom stereocenters. The van der Waals surface area contributed by atoms with Crippen LogP contribution in [0.15, 0.2) is 66.1 Å². The molecule has 1 aliphatic rings. The van der Waals surface area contributed by atoms with Crippen LogP contribution >= 0.6 is 0 Å². The van der Waals surface area contributed by atoms with Crippen molar-refractivity contribution in [1.82, 2.24) is 19.7 Å². The van der Waals surface area contributed by atoms with E-state index in [1.54, 1.807) is 25.2 Å². The van der Waals surface area contributed by atoms with E-state index in [0.29, 0.717) is 33.4 Å². The van der Waals surface area contributed by atoms with Crippen molar-refractivity contribution in [2.24, 2.45) is 7.05 Å². The second-order valence-corrected chi connectivity index (χ2v) is 12.0. The van der Waals surface area contributed by atoms with Crippen LogP contribution < -0.4 is 18.5 Å². The van der Waals surface area contributed by atoms with Gasteiger partial charge in [0.2, 0.25) is 0 Å². The first-order valence-electron chi connectivity index (χ1n) is 13.4. The zero-order valence-electron chi connectivity index (χ0n) is 24.0. The summed E-state index contributed by atoms with van der Waals surface area (Å²) in [6, 6.07) is 8.93. The highest BCUT2D eigenvalue weighted by molar-refractivity contribution is 7.92. The third-order valence-corrected chi connectivity index (χ3v) is 9.25. The van der Waals surface area contributed by atoms with E-state index in [2.05, 4.69) is 15.1 Å². The van der Waals surface area contributed by atoms with Gasteiger partial charge in [0.1, 0.15) is 47.1 Å². The van der Waals surface area contributed by atoms with Crippen LogP contribution in [0.25, 0.3) is 0 Å². The minimum absolute atomic E-state index is 0.0529. The second kappa shape index (κ2) is 12.3. The van der Waals surface area contributed by atoms with Crippen LogP contribution in [0.3, 0.4) is 0 Å². The monoisotopic (exact) mass is 635 g/mol. The van der Waals surface area contributed by atoms with E-state index < -0.39 is 63.2 Å². The Bertz CT molecular complexity index is 1720. The Hall–Kier alpha value is -4.40. The molecule has 0 aliphatic heterocycles. The fourth-order valence-electron chi connectivity index (χ4n) is 5.29. The lowest BCUT2D eigenvalue weighted by molar-refractivity contribution is -0.0781. The van der Waals surface area contributed by atoms with Gasteiger partial charge in [-0.25, -0.2) is 40.3 Å². The molecule has 0 bridgehead atoms. The Kier molecular flexibility index (Phi) is 8.68. The summed E-state index contributed by atoms with van der Waals surface area (Å²) in [7, 11) is -0.475. The number of ether oxygens (including phenoxy) is 3. The molecule has 0 spiro atoms. The molecule has 5 rings (SSSR count). The molecule has 2 heterocycles. The van der Waals surface area contributed by atoms with Crippen molar-refractivity contribution in [2.75, 3.05) is 18.5 Å². The van der Waals surface area contributed by atoms with Crippen molar-refractivity contribution in [1.29, 1.82) is 0 Å². The quantitative estimate of drug-likeness (QED) is 0.218. The maximum atomic E-state index is 15.6. The highest BCUT2D eigenvalue weighted by Gasteiger charge is 2.44. The Morgan fingerprint density at radius 1 is 1.02 bits per heavy atom. The molecule has 0 saturated heterocycles. The van der Waals surface area contributed by atoms with E-state index in [9.17, 15) is 17.2 Å². The van der Waals surface area contributed by atoms with Crippen LogP contribution in [-0.2, 0) is 23.6 Å². The van der Waals surface area contributed by atoms with Gasteiger partial charge in [0.15, 0.2) is 4.90 Å². The summed E-state index contributed by atoms with van der Waals surface area (Å²) in [6.07, 6.45) is 1.69. The number of aromatic nitrogens is 4. The van der Waals surface area contributed by atoms with Gasteiger partial charge in [0, 0.05) is 73.7 Å². The van der Waals surface area contributed by atoms with E-state index >= 15 is 8.78 Å². The van der Waals surface area contributed by atoms with Crippen molar-refractivity contribution in [3.8, 4) is 17.2 Å². The first kappa shape index (κ1) is 31.0. The number of halogens is 4. The van der Waals surface area contributed by atoms with Gasteiger partial charge in [-0.05, 0) is 24.6 Å². The molecule has 1 saturated carbocycles. The van der Waals surface area contributed by atoms with Gasteiger partial charge in [0.25, 0.3) is 15.9 Å². The minimum atomic E-state index is -4.96. The van der Waals surface area contributed by atoms with Crippen LogP contribution in [0.5, 0.6) is 17.2 Å². The molecule has 1 aliphatic carbocycles. The van der Waals surface area contributed by atoms with Crippen LogP contribution in [0.4, 0.5) is 23.4 Å². The lowest BCUT2D eigenvalue weighted by Crippen LogP contribution is -2.39. The number of alkyl halides is 2. The van der Waals surface area contributed by atoms with Crippen molar-refractivity contribution in [2.45, 2.75) is 48.6 Å².